The third-order valence-electron chi connectivity index (χ3n) is 1.03. The summed E-state index contributed by atoms with van der Waals surface area (Å²) in [5, 5.41) is 2.57. The van der Waals surface area contributed by atoms with Crippen LogP contribution < -0.4 is 11.1 Å². The molecule has 0 aromatic rings. The standard InChI is InChI=1S/C6H15N3O/c1-5(4-9(2)3)8-6(7)10/h5H,4H2,1-3H3,(H3,7,8,10). The molecule has 0 spiro atoms. The summed E-state index contributed by atoms with van der Waals surface area (Å²) in [7, 11) is 3.89. The van der Waals surface area contributed by atoms with Crippen molar-refractivity contribution in [3.8, 4) is 0 Å². The number of carbonyl (C=O) groups is 1. The van der Waals surface area contributed by atoms with Gasteiger partial charge in [0.15, 0.2) is 0 Å². The molecule has 2 amide bonds. The monoisotopic (exact) mass is 145 g/mol. The second-order valence-electron chi connectivity index (χ2n) is 2.67. The first-order chi connectivity index (χ1) is 4.52. The van der Waals surface area contributed by atoms with Crippen LogP contribution in [0.3, 0.4) is 0 Å². The molecule has 0 aliphatic rings. The van der Waals surface area contributed by atoms with E-state index in [9.17, 15) is 4.79 Å². The second-order valence-corrected chi connectivity index (χ2v) is 2.67. The summed E-state index contributed by atoms with van der Waals surface area (Å²) >= 11 is 0. The number of primary amides is 1. The van der Waals surface area contributed by atoms with Crippen LogP contribution in [0.5, 0.6) is 0 Å². The summed E-state index contributed by atoms with van der Waals surface area (Å²) in [6, 6.07) is -0.346. The summed E-state index contributed by atoms with van der Waals surface area (Å²) in [5.74, 6) is 0. The third kappa shape index (κ3) is 5.37. The van der Waals surface area contributed by atoms with E-state index in [0.717, 1.165) is 6.54 Å². The number of nitrogens with one attached hydrogen (secondary N) is 1. The molecule has 60 valence electrons. The fraction of sp³-hybridized carbons (Fsp3) is 0.833. The van der Waals surface area contributed by atoms with Crippen LogP contribution in [0.25, 0.3) is 0 Å². The Balaban J connectivity index is 3.43. The van der Waals surface area contributed by atoms with E-state index in [1.54, 1.807) is 0 Å². The van der Waals surface area contributed by atoms with Gasteiger partial charge in [-0.05, 0) is 21.0 Å². The van der Waals surface area contributed by atoms with E-state index in [-0.39, 0.29) is 6.04 Å². The minimum absolute atomic E-state index is 0.118. The molecule has 0 radical (unpaired) electrons. The highest BCUT2D eigenvalue weighted by molar-refractivity contribution is 5.71. The number of nitrogens with zero attached hydrogens (tertiary/aromatic N) is 1. The van der Waals surface area contributed by atoms with Crippen LogP contribution in [-0.2, 0) is 0 Å². The Labute approximate surface area is 61.4 Å². The van der Waals surface area contributed by atoms with Crippen molar-refractivity contribution in [3.63, 3.8) is 0 Å². The van der Waals surface area contributed by atoms with E-state index in [0.29, 0.717) is 0 Å². The zero-order valence-corrected chi connectivity index (χ0v) is 6.72. The van der Waals surface area contributed by atoms with Crippen molar-refractivity contribution in [1.29, 1.82) is 0 Å². The highest BCUT2D eigenvalue weighted by Crippen LogP contribution is 1.82. The maximum absolute atomic E-state index is 10.3. The predicted molar refractivity (Wildman–Crippen MR) is 40.7 cm³/mol. The highest BCUT2D eigenvalue weighted by Gasteiger charge is 2.03. The van der Waals surface area contributed by atoms with Crippen LogP contribution in [0.4, 0.5) is 4.79 Å². The fourth-order valence-corrected chi connectivity index (χ4v) is 0.836. The van der Waals surface area contributed by atoms with Crippen molar-refractivity contribution >= 4 is 6.03 Å². The van der Waals surface area contributed by atoms with Crippen LogP contribution in [0.1, 0.15) is 6.92 Å². The van der Waals surface area contributed by atoms with Crippen molar-refractivity contribution in [1.82, 2.24) is 10.2 Å². The van der Waals surface area contributed by atoms with E-state index >= 15 is 0 Å². The maximum Gasteiger partial charge on any atom is 0.312 e. The van der Waals surface area contributed by atoms with Gasteiger partial charge in [-0.1, -0.05) is 0 Å². The van der Waals surface area contributed by atoms with Crippen molar-refractivity contribution in [2.75, 3.05) is 20.6 Å². The van der Waals surface area contributed by atoms with Gasteiger partial charge >= 0.3 is 6.03 Å². The van der Waals surface area contributed by atoms with Gasteiger partial charge in [-0.15, -0.1) is 0 Å². The molecule has 10 heavy (non-hydrogen) atoms. The zero-order chi connectivity index (χ0) is 8.15. The zero-order valence-electron chi connectivity index (χ0n) is 6.72. The molecule has 0 saturated heterocycles. The van der Waals surface area contributed by atoms with Crippen LogP contribution in [0, 0.1) is 0 Å². The number of hydrogen-bond donors (Lipinski definition) is 2. The fourth-order valence-electron chi connectivity index (χ4n) is 0.836. The average molecular weight is 145 g/mol. The van der Waals surface area contributed by atoms with E-state index in [1.807, 2.05) is 25.9 Å². The van der Waals surface area contributed by atoms with Gasteiger partial charge in [0.2, 0.25) is 0 Å². The number of rotatable bonds is 3. The predicted octanol–water partition coefficient (Wildman–Crippen LogP) is -0.395. The molecule has 0 rings (SSSR count). The van der Waals surface area contributed by atoms with Crippen molar-refractivity contribution in [3.05, 3.63) is 0 Å². The number of amides is 2. The molecule has 0 bridgehead atoms. The van der Waals surface area contributed by atoms with E-state index < -0.39 is 6.03 Å². The number of urea groups is 1. The Kier molecular flexibility index (Phi) is 3.79. The summed E-state index contributed by atoms with van der Waals surface area (Å²) in [6.07, 6.45) is 0. The van der Waals surface area contributed by atoms with Crippen molar-refractivity contribution < 1.29 is 4.79 Å². The van der Waals surface area contributed by atoms with Gasteiger partial charge in [0.1, 0.15) is 0 Å². The molecule has 4 heteroatoms. The first-order valence-electron chi connectivity index (χ1n) is 3.23. The molecule has 0 aliphatic heterocycles. The van der Waals surface area contributed by atoms with Gasteiger partial charge in [-0.2, -0.15) is 0 Å². The minimum Gasteiger partial charge on any atom is -0.352 e. The van der Waals surface area contributed by atoms with E-state index in [2.05, 4.69) is 5.32 Å². The lowest BCUT2D eigenvalue weighted by molar-refractivity contribution is 0.242. The molecule has 0 heterocycles. The largest absolute Gasteiger partial charge is 0.352 e. The third-order valence-corrected chi connectivity index (χ3v) is 1.03. The SMILES string of the molecule is CC(CN(C)C)NC(N)=O. The maximum atomic E-state index is 10.3. The van der Waals surface area contributed by atoms with Crippen LogP contribution in [0.2, 0.25) is 0 Å². The molecule has 0 saturated carbocycles. The minimum atomic E-state index is -0.464. The Hall–Kier alpha value is -0.770. The van der Waals surface area contributed by atoms with Gasteiger partial charge in [-0.3, -0.25) is 0 Å². The average Bonchev–Trinajstić information content (AvgIpc) is 1.58. The van der Waals surface area contributed by atoms with Crippen molar-refractivity contribution in [2.24, 2.45) is 5.73 Å². The molecule has 0 aliphatic carbocycles. The number of carbonyl (C=O) groups excluding carboxylic acids is 1. The van der Waals surface area contributed by atoms with E-state index in [4.69, 9.17) is 5.73 Å². The number of likely N-dealkylation sites (N-methyl/N-ethyl adjacent to an activating group) is 1. The number of hydrogen-bond acceptors (Lipinski definition) is 2. The molecular formula is C6H15N3O. The summed E-state index contributed by atoms with van der Waals surface area (Å²) in [6.45, 7) is 2.72. The Morgan fingerprint density at radius 2 is 2.20 bits per heavy atom. The van der Waals surface area contributed by atoms with E-state index in [1.165, 1.54) is 0 Å². The summed E-state index contributed by atoms with van der Waals surface area (Å²) < 4.78 is 0. The molecule has 0 fully saturated rings. The topological polar surface area (TPSA) is 58.4 Å². The van der Waals surface area contributed by atoms with Gasteiger partial charge < -0.3 is 16.0 Å². The quantitative estimate of drug-likeness (QED) is 0.568. The highest BCUT2D eigenvalue weighted by atomic mass is 16.2. The Morgan fingerprint density at radius 1 is 1.70 bits per heavy atom. The first kappa shape index (κ1) is 9.23. The van der Waals surface area contributed by atoms with Crippen LogP contribution >= 0.6 is 0 Å². The van der Waals surface area contributed by atoms with Crippen molar-refractivity contribution in [2.45, 2.75) is 13.0 Å². The molecule has 1 atom stereocenters. The van der Waals surface area contributed by atoms with Crippen LogP contribution in [0.15, 0.2) is 0 Å². The lowest BCUT2D eigenvalue weighted by Gasteiger charge is -2.16. The smallest absolute Gasteiger partial charge is 0.312 e. The Morgan fingerprint density at radius 3 is 2.50 bits per heavy atom. The molecule has 3 N–H and O–H groups in total. The molecule has 0 aromatic carbocycles. The summed E-state index contributed by atoms with van der Waals surface area (Å²) in [4.78, 5) is 12.3. The number of nitrogens with two attached hydrogens (primary N) is 1. The van der Waals surface area contributed by atoms with Gasteiger partial charge in [0.05, 0.1) is 0 Å². The molecule has 0 aromatic heterocycles. The lowest BCUT2D eigenvalue weighted by Crippen LogP contribution is -2.42. The molecular weight excluding hydrogens is 130 g/mol. The van der Waals surface area contributed by atoms with Gasteiger partial charge in [-0.25, -0.2) is 4.79 Å². The van der Waals surface area contributed by atoms with Gasteiger partial charge in [0, 0.05) is 12.6 Å². The van der Waals surface area contributed by atoms with Gasteiger partial charge in [0.25, 0.3) is 0 Å². The summed E-state index contributed by atoms with van der Waals surface area (Å²) in [5.41, 5.74) is 4.90. The lowest BCUT2D eigenvalue weighted by atomic mass is 10.3. The Bertz CT molecular complexity index is 114. The second kappa shape index (κ2) is 4.11. The normalized spacial score (nSPS) is 13.2. The molecule has 4 nitrogen and oxygen atoms in total. The van der Waals surface area contributed by atoms with Crippen LogP contribution in [-0.4, -0.2) is 37.6 Å². The first-order valence-corrected chi connectivity index (χ1v) is 3.23. The molecule has 1 unspecified atom stereocenters.